The molecule has 4 nitrogen and oxygen atoms in total. The summed E-state index contributed by atoms with van der Waals surface area (Å²) in [7, 11) is 0. The van der Waals surface area contributed by atoms with E-state index < -0.39 is 5.60 Å². The SMILES string of the molecule is CC1CC(=O)C2(CCN(C(=O)OC(C)(C)C)CC2)C1. The minimum absolute atomic E-state index is 0.141. The van der Waals surface area contributed by atoms with Crippen LogP contribution in [-0.2, 0) is 9.53 Å². The Morgan fingerprint density at radius 2 is 1.89 bits per heavy atom. The molecule has 2 rings (SSSR count). The number of carbonyl (C=O) groups excluding carboxylic acids is 2. The van der Waals surface area contributed by atoms with Crippen LogP contribution in [0.5, 0.6) is 0 Å². The Morgan fingerprint density at radius 1 is 1.32 bits per heavy atom. The molecule has 108 valence electrons. The molecule has 1 saturated carbocycles. The molecule has 2 aliphatic rings. The Labute approximate surface area is 115 Å². The van der Waals surface area contributed by atoms with Crippen LogP contribution in [0.25, 0.3) is 0 Å². The maximum absolute atomic E-state index is 12.1. The van der Waals surface area contributed by atoms with Crippen LogP contribution in [0.4, 0.5) is 4.79 Å². The summed E-state index contributed by atoms with van der Waals surface area (Å²) in [6, 6.07) is 0. The summed E-state index contributed by atoms with van der Waals surface area (Å²) >= 11 is 0. The van der Waals surface area contributed by atoms with Gasteiger partial charge in [0.2, 0.25) is 0 Å². The van der Waals surface area contributed by atoms with Gasteiger partial charge >= 0.3 is 6.09 Å². The number of rotatable bonds is 0. The van der Waals surface area contributed by atoms with Crippen LogP contribution in [0.1, 0.15) is 53.4 Å². The molecule has 0 aromatic heterocycles. The Bertz CT molecular complexity index is 375. The lowest BCUT2D eigenvalue weighted by atomic mass is 9.76. The molecule has 1 saturated heterocycles. The van der Waals surface area contributed by atoms with Crippen molar-refractivity contribution in [1.29, 1.82) is 0 Å². The molecular formula is C15H25NO3. The molecule has 1 aliphatic carbocycles. The minimum Gasteiger partial charge on any atom is -0.444 e. The predicted octanol–water partition coefficient (Wildman–Crippen LogP) is 3.00. The molecule has 0 bridgehead atoms. The first kappa shape index (κ1) is 14.4. The molecule has 0 N–H and O–H groups in total. The molecule has 1 aliphatic heterocycles. The first-order valence-corrected chi connectivity index (χ1v) is 7.23. The standard InChI is InChI=1S/C15H25NO3/c1-11-9-12(17)15(10-11)5-7-16(8-6-15)13(18)19-14(2,3)4/h11H,5-10H2,1-4H3. The van der Waals surface area contributed by atoms with Crippen molar-refractivity contribution < 1.29 is 14.3 Å². The van der Waals surface area contributed by atoms with Crippen molar-refractivity contribution >= 4 is 11.9 Å². The van der Waals surface area contributed by atoms with E-state index in [1.54, 1.807) is 4.90 Å². The zero-order valence-electron chi connectivity index (χ0n) is 12.5. The van der Waals surface area contributed by atoms with Crippen molar-refractivity contribution in [2.75, 3.05) is 13.1 Å². The van der Waals surface area contributed by atoms with Gasteiger partial charge in [0.15, 0.2) is 0 Å². The second-order valence-corrected chi connectivity index (χ2v) is 7.18. The maximum atomic E-state index is 12.1. The third-order valence-electron chi connectivity index (χ3n) is 4.24. The number of amides is 1. The fraction of sp³-hybridized carbons (Fsp3) is 0.867. The molecule has 4 heteroatoms. The number of Topliss-reactive ketones (excluding diaryl/α,β-unsaturated/α-hetero) is 1. The van der Waals surface area contributed by atoms with E-state index in [1.807, 2.05) is 20.8 Å². The van der Waals surface area contributed by atoms with E-state index in [0.29, 0.717) is 31.2 Å². The van der Waals surface area contributed by atoms with E-state index >= 15 is 0 Å². The second-order valence-electron chi connectivity index (χ2n) is 7.18. The zero-order chi connectivity index (χ0) is 14.3. The summed E-state index contributed by atoms with van der Waals surface area (Å²) in [6.07, 6.45) is 3.06. The van der Waals surface area contributed by atoms with Crippen molar-refractivity contribution in [3.05, 3.63) is 0 Å². The lowest BCUT2D eigenvalue weighted by Crippen LogP contribution is -2.46. The zero-order valence-corrected chi connectivity index (χ0v) is 12.5. The fourth-order valence-corrected chi connectivity index (χ4v) is 3.31. The van der Waals surface area contributed by atoms with Crippen LogP contribution in [0.2, 0.25) is 0 Å². The molecule has 2 fully saturated rings. The Morgan fingerprint density at radius 3 is 2.32 bits per heavy atom. The quantitative estimate of drug-likeness (QED) is 0.678. The van der Waals surface area contributed by atoms with E-state index in [0.717, 1.165) is 19.3 Å². The van der Waals surface area contributed by atoms with Gasteiger partial charge in [-0.25, -0.2) is 4.79 Å². The van der Waals surface area contributed by atoms with Crippen LogP contribution >= 0.6 is 0 Å². The minimum atomic E-state index is -0.454. The molecule has 19 heavy (non-hydrogen) atoms. The number of piperidine rings is 1. The number of ether oxygens (including phenoxy) is 1. The highest BCUT2D eigenvalue weighted by molar-refractivity contribution is 5.87. The van der Waals surface area contributed by atoms with Gasteiger partial charge < -0.3 is 9.64 Å². The normalized spacial score (nSPS) is 26.8. The van der Waals surface area contributed by atoms with Crippen molar-refractivity contribution in [3.8, 4) is 0 Å². The molecule has 1 spiro atoms. The number of carbonyl (C=O) groups is 2. The molecule has 1 unspecified atom stereocenters. The summed E-state index contributed by atoms with van der Waals surface area (Å²) in [5, 5.41) is 0. The highest BCUT2D eigenvalue weighted by Gasteiger charge is 2.47. The summed E-state index contributed by atoms with van der Waals surface area (Å²) in [5.74, 6) is 0.907. The van der Waals surface area contributed by atoms with Gasteiger partial charge in [-0.2, -0.15) is 0 Å². The first-order valence-electron chi connectivity index (χ1n) is 7.23. The van der Waals surface area contributed by atoms with Crippen LogP contribution in [-0.4, -0.2) is 35.5 Å². The molecular weight excluding hydrogens is 242 g/mol. The summed E-state index contributed by atoms with van der Waals surface area (Å²) in [6.45, 7) is 9.06. The first-order chi connectivity index (χ1) is 8.72. The van der Waals surface area contributed by atoms with E-state index in [-0.39, 0.29) is 11.5 Å². The van der Waals surface area contributed by atoms with E-state index in [4.69, 9.17) is 4.74 Å². The third kappa shape index (κ3) is 3.10. The smallest absolute Gasteiger partial charge is 0.410 e. The van der Waals surface area contributed by atoms with Gasteiger partial charge in [0.05, 0.1) is 0 Å². The number of likely N-dealkylation sites (tertiary alicyclic amines) is 1. The third-order valence-corrected chi connectivity index (χ3v) is 4.24. The number of hydrogen-bond donors (Lipinski definition) is 0. The largest absolute Gasteiger partial charge is 0.444 e. The monoisotopic (exact) mass is 267 g/mol. The van der Waals surface area contributed by atoms with Gasteiger partial charge in [0.25, 0.3) is 0 Å². The second kappa shape index (κ2) is 4.80. The fourth-order valence-electron chi connectivity index (χ4n) is 3.31. The molecule has 1 atom stereocenters. The van der Waals surface area contributed by atoms with Crippen LogP contribution in [0, 0.1) is 11.3 Å². The Balaban J connectivity index is 1.93. The maximum Gasteiger partial charge on any atom is 0.410 e. The molecule has 0 aromatic carbocycles. The summed E-state index contributed by atoms with van der Waals surface area (Å²) < 4.78 is 5.38. The average Bonchev–Trinajstić information content (AvgIpc) is 2.52. The predicted molar refractivity (Wildman–Crippen MR) is 72.9 cm³/mol. The van der Waals surface area contributed by atoms with Crippen molar-refractivity contribution in [1.82, 2.24) is 4.90 Å². The molecule has 1 heterocycles. The lowest BCUT2D eigenvalue weighted by Gasteiger charge is -2.38. The van der Waals surface area contributed by atoms with Gasteiger partial charge in [-0.05, 0) is 46.0 Å². The number of nitrogens with zero attached hydrogens (tertiary/aromatic N) is 1. The van der Waals surface area contributed by atoms with Gasteiger partial charge in [-0.3, -0.25) is 4.79 Å². The van der Waals surface area contributed by atoms with Crippen molar-refractivity contribution in [3.63, 3.8) is 0 Å². The number of ketones is 1. The van der Waals surface area contributed by atoms with Crippen LogP contribution in [0.3, 0.4) is 0 Å². The lowest BCUT2D eigenvalue weighted by molar-refractivity contribution is -0.128. The number of hydrogen-bond acceptors (Lipinski definition) is 3. The molecule has 1 amide bonds. The highest BCUT2D eigenvalue weighted by atomic mass is 16.6. The van der Waals surface area contributed by atoms with Gasteiger partial charge in [0, 0.05) is 24.9 Å². The highest BCUT2D eigenvalue weighted by Crippen LogP contribution is 2.46. The van der Waals surface area contributed by atoms with Gasteiger partial charge in [0.1, 0.15) is 11.4 Å². The topological polar surface area (TPSA) is 46.6 Å². The van der Waals surface area contributed by atoms with Gasteiger partial charge in [-0.15, -0.1) is 0 Å². The van der Waals surface area contributed by atoms with Crippen LogP contribution < -0.4 is 0 Å². The Kier molecular flexibility index (Phi) is 3.63. The van der Waals surface area contributed by atoms with Crippen LogP contribution in [0.15, 0.2) is 0 Å². The summed E-state index contributed by atoms with van der Waals surface area (Å²) in [5.41, 5.74) is -0.595. The van der Waals surface area contributed by atoms with E-state index in [9.17, 15) is 9.59 Å². The molecule has 0 radical (unpaired) electrons. The van der Waals surface area contributed by atoms with Crippen molar-refractivity contribution in [2.24, 2.45) is 11.3 Å². The van der Waals surface area contributed by atoms with Crippen molar-refractivity contribution in [2.45, 2.75) is 59.0 Å². The summed E-state index contributed by atoms with van der Waals surface area (Å²) in [4.78, 5) is 25.9. The Hall–Kier alpha value is -1.06. The van der Waals surface area contributed by atoms with E-state index in [2.05, 4.69) is 6.92 Å². The van der Waals surface area contributed by atoms with Gasteiger partial charge in [-0.1, -0.05) is 6.92 Å². The molecule has 0 aromatic rings. The van der Waals surface area contributed by atoms with E-state index in [1.165, 1.54) is 0 Å². The average molecular weight is 267 g/mol.